The lowest BCUT2D eigenvalue weighted by Gasteiger charge is -1.98. The monoisotopic (exact) mass is 180 g/mol. The number of carbonyl (C=O) groups is 1. The van der Waals surface area contributed by atoms with Crippen molar-refractivity contribution >= 4 is 12.2 Å². The Hall–Kier alpha value is -1.91. The Balaban J connectivity index is 2.98. The number of methoxy groups -OCH3 is 1. The molecule has 1 rings (SSSR count). The van der Waals surface area contributed by atoms with E-state index in [4.69, 9.17) is 5.21 Å². The van der Waals surface area contributed by atoms with Crippen LogP contribution in [0.2, 0.25) is 0 Å². The number of rotatable bonds is 2. The summed E-state index contributed by atoms with van der Waals surface area (Å²) in [5.41, 5.74) is 0.762. The Morgan fingerprint density at radius 2 is 2.54 bits per heavy atom. The molecule has 1 aromatic rings. The fourth-order valence-electron chi connectivity index (χ4n) is 0.823. The van der Waals surface area contributed by atoms with Crippen molar-refractivity contribution in [3.05, 3.63) is 29.6 Å². The molecule has 0 bridgehead atoms. The fraction of sp³-hybridized carbons (Fsp3) is 0.125. The standard InChI is InChI=1S/C8H8N2O3/c1-13-8(11)6-2-3-9-7(4-6)5-10-12/h2-5,12H,1H3/b10-5-. The van der Waals surface area contributed by atoms with Crippen molar-refractivity contribution in [1.29, 1.82) is 0 Å². The first kappa shape index (κ1) is 9.18. The zero-order valence-electron chi connectivity index (χ0n) is 6.97. The third kappa shape index (κ3) is 2.26. The molecule has 0 spiro atoms. The van der Waals surface area contributed by atoms with E-state index < -0.39 is 5.97 Å². The highest BCUT2D eigenvalue weighted by atomic mass is 16.5. The van der Waals surface area contributed by atoms with Crippen LogP contribution in [0, 0.1) is 0 Å². The molecule has 5 heteroatoms. The fourth-order valence-corrected chi connectivity index (χ4v) is 0.823. The molecule has 0 saturated carbocycles. The molecular weight excluding hydrogens is 172 g/mol. The van der Waals surface area contributed by atoms with Crippen LogP contribution >= 0.6 is 0 Å². The van der Waals surface area contributed by atoms with E-state index in [9.17, 15) is 4.79 Å². The zero-order valence-corrected chi connectivity index (χ0v) is 6.97. The van der Waals surface area contributed by atoms with Crippen LogP contribution in [-0.2, 0) is 4.74 Å². The summed E-state index contributed by atoms with van der Waals surface area (Å²) in [5, 5.41) is 11.0. The topological polar surface area (TPSA) is 71.8 Å². The van der Waals surface area contributed by atoms with Crippen molar-refractivity contribution in [1.82, 2.24) is 4.98 Å². The van der Waals surface area contributed by atoms with Gasteiger partial charge in [-0.05, 0) is 12.1 Å². The second kappa shape index (κ2) is 4.20. The lowest BCUT2D eigenvalue weighted by Crippen LogP contribution is -2.02. The first-order valence-corrected chi connectivity index (χ1v) is 3.49. The van der Waals surface area contributed by atoms with Crippen molar-refractivity contribution in [3.63, 3.8) is 0 Å². The number of carbonyl (C=O) groups excluding carboxylic acids is 1. The summed E-state index contributed by atoms with van der Waals surface area (Å²) >= 11 is 0. The van der Waals surface area contributed by atoms with Crippen LogP contribution in [0.25, 0.3) is 0 Å². The van der Waals surface area contributed by atoms with Gasteiger partial charge in [0, 0.05) is 6.20 Å². The van der Waals surface area contributed by atoms with Crippen LogP contribution in [-0.4, -0.2) is 29.5 Å². The first-order valence-electron chi connectivity index (χ1n) is 3.49. The minimum Gasteiger partial charge on any atom is -0.465 e. The maximum Gasteiger partial charge on any atom is 0.337 e. The number of esters is 1. The summed E-state index contributed by atoms with van der Waals surface area (Å²) in [5.74, 6) is -0.449. The number of nitrogens with zero attached hydrogens (tertiary/aromatic N) is 2. The molecule has 68 valence electrons. The van der Waals surface area contributed by atoms with Crippen molar-refractivity contribution in [3.8, 4) is 0 Å². The van der Waals surface area contributed by atoms with E-state index in [1.165, 1.54) is 25.4 Å². The van der Waals surface area contributed by atoms with Crippen LogP contribution in [0.3, 0.4) is 0 Å². The van der Waals surface area contributed by atoms with E-state index >= 15 is 0 Å². The molecule has 1 N–H and O–H groups in total. The highest BCUT2D eigenvalue weighted by molar-refractivity contribution is 5.91. The lowest BCUT2D eigenvalue weighted by molar-refractivity contribution is 0.0600. The van der Waals surface area contributed by atoms with Gasteiger partial charge >= 0.3 is 5.97 Å². The molecule has 0 aliphatic carbocycles. The van der Waals surface area contributed by atoms with Gasteiger partial charge in [0.25, 0.3) is 0 Å². The molecule has 0 amide bonds. The molecule has 0 aromatic carbocycles. The molecule has 0 fully saturated rings. The summed E-state index contributed by atoms with van der Waals surface area (Å²) in [6, 6.07) is 2.98. The van der Waals surface area contributed by atoms with Crippen LogP contribution in [0.5, 0.6) is 0 Å². The molecule has 0 aliphatic heterocycles. The molecule has 0 aliphatic rings. The van der Waals surface area contributed by atoms with E-state index in [1.54, 1.807) is 0 Å². The van der Waals surface area contributed by atoms with Gasteiger partial charge in [0.05, 0.1) is 24.6 Å². The average molecular weight is 180 g/mol. The van der Waals surface area contributed by atoms with E-state index in [-0.39, 0.29) is 0 Å². The number of aromatic nitrogens is 1. The van der Waals surface area contributed by atoms with Gasteiger partial charge < -0.3 is 9.94 Å². The highest BCUT2D eigenvalue weighted by Gasteiger charge is 2.04. The number of pyridine rings is 1. The summed E-state index contributed by atoms with van der Waals surface area (Å²) in [4.78, 5) is 14.8. The van der Waals surface area contributed by atoms with Gasteiger partial charge in [0.1, 0.15) is 0 Å². The number of ether oxygens (including phenoxy) is 1. The lowest BCUT2D eigenvalue weighted by atomic mass is 10.2. The normalized spacial score (nSPS) is 10.2. The summed E-state index contributed by atoms with van der Waals surface area (Å²) in [7, 11) is 1.29. The highest BCUT2D eigenvalue weighted by Crippen LogP contribution is 2.01. The average Bonchev–Trinajstić information content (AvgIpc) is 2.18. The van der Waals surface area contributed by atoms with Crippen LogP contribution in [0.4, 0.5) is 0 Å². The second-order valence-electron chi connectivity index (χ2n) is 2.21. The van der Waals surface area contributed by atoms with Gasteiger partial charge in [-0.2, -0.15) is 0 Å². The summed E-state index contributed by atoms with van der Waals surface area (Å²) < 4.78 is 4.50. The van der Waals surface area contributed by atoms with E-state index in [2.05, 4.69) is 14.9 Å². The molecular formula is C8H8N2O3. The quantitative estimate of drug-likeness (QED) is 0.314. The van der Waals surface area contributed by atoms with Gasteiger partial charge in [0.2, 0.25) is 0 Å². The third-order valence-electron chi connectivity index (χ3n) is 1.39. The SMILES string of the molecule is COC(=O)c1ccnc(/C=N\O)c1. The number of hydrogen-bond donors (Lipinski definition) is 1. The zero-order chi connectivity index (χ0) is 9.68. The maximum absolute atomic E-state index is 11.0. The smallest absolute Gasteiger partial charge is 0.337 e. The largest absolute Gasteiger partial charge is 0.465 e. The molecule has 0 unspecified atom stereocenters. The van der Waals surface area contributed by atoms with Crippen LogP contribution < -0.4 is 0 Å². The molecule has 0 atom stereocenters. The first-order chi connectivity index (χ1) is 6.27. The molecule has 0 radical (unpaired) electrons. The van der Waals surface area contributed by atoms with Gasteiger partial charge in [-0.25, -0.2) is 4.79 Å². The van der Waals surface area contributed by atoms with Gasteiger partial charge in [-0.15, -0.1) is 0 Å². The minimum absolute atomic E-state index is 0.368. The van der Waals surface area contributed by atoms with Crippen molar-refractivity contribution in [2.75, 3.05) is 7.11 Å². The predicted octanol–water partition coefficient (Wildman–Crippen LogP) is 0.676. The third-order valence-corrected chi connectivity index (χ3v) is 1.39. The molecule has 1 aromatic heterocycles. The Morgan fingerprint density at radius 3 is 3.15 bits per heavy atom. The van der Waals surface area contributed by atoms with Crippen LogP contribution in [0.1, 0.15) is 16.1 Å². The number of oxime groups is 1. The summed E-state index contributed by atoms with van der Waals surface area (Å²) in [6.45, 7) is 0. The van der Waals surface area contributed by atoms with E-state index in [1.807, 2.05) is 0 Å². The molecule has 13 heavy (non-hydrogen) atoms. The van der Waals surface area contributed by atoms with Gasteiger partial charge in [-0.1, -0.05) is 5.16 Å². The molecule has 1 heterocycles. The van der Waals surface area contributed by atoms with E-state index in [0.717, 1.165) is 6.21 Å². The summed E-state index contributed by atoms with van der Waals surface area (Å²) in [6.07, 6.45) is 2.57. The Kier molecular flexibility index (Phi) is 2.97. The minimum atomic E-state index is -0.449. The van der Waals surface area contributed by atoms with Gasteiger partial charge in [-0.3, -0.25) is 4.98 Å². The Morgan fingerprint density at radius 1 is 1.77 bits per heavy atom. The van der Waals surface area contributed by atoms with Crippen LogP contribution in [0.15, 0.2) is 23.5 Å². The number of hydrogen-bond acceptors (Lipinski definition) is 5. The molecule has 0 saturated heterocycles. The van der Waals surface area contributed by atoms with E-state index in [0.29, 0.717) is 11.3 Å². The Labute approximate surface area is 74.7 Å². The van der Waals surface area contributed by atoms with Gasteiger partial charge in [0.15, 0.2) is 0 Å². The van der Waals surface area contributed by atoms with Crippen molar-refractivity contribution < 1.29 is 14.7 Å². The van der Waals surface area contributed by atoms with Crippen molar-refractivity contribution in [2.24, 2.45) is 5.16 Å². The predicted molar refractivity (Wildman–Crippen MR) is 45.0 cm³/mol. The Bertz CT molecular complexity index is 336. The maximum atomic E-state index is 11.0. The second-order valence-corrected chi connectivity index (χ2v) is 2.21. The van der Waals surface area contributed by atoms with Crippen molar-refractivity contribution in [2.45, 2.75) is 0 Å². The molecule has 5 nitrogen and oxygen atoms in total.